The smallest absolute Gasteiger partial charge is 0.121 e. The monoisotopic (exact) mass is 728 g/mol. The summed E-state index contributed by atoms with van der Waals surface area (Å²) >= 11 is 0. The summed E-state index contributed by atoms with van der Waals surface area (Å²) in [4.78, 5) is 5.99. The van der Waals surface area contributed by atoms with Crippen LogP contribution in [0.5, 0.6) is 0 Å². The van der Waals surface area contributed by atoms with E-state index < -0.39 is 0 Å². The van der Waals surface area contributed by atoms with Crippen LogP contribution in [0, 0.1) is 0 Å². The Kier molecular flexibility index (Phi) is 8.82. The van der Waals surface area contributed by atoms with Gasteiger partial charge in [0.2, 0.25) is 0 Å². The molecular formula is C53H36N4. The van der Waals surface area contributed by atoms with Gasteiger partial charge >= 0.3 is 0 Å². The second-order valence-electron chi connectivity index (χ2n) is 14.2. The largest absolute Gasteiger partial charge is 0.265 e. The van der Waals surface area contributed by atoms with Gasteiger partial charge < -0.3 is 0 Å². The molecule has 0 aliphatic heterocycles. The highest BCUT2D eigenvalue weighted by atomic mass is 15.5. The lowest BCUT2D eigenvalue weighted by molar-refractivity contribution is 0.766. The van der Waals surface area contributed by atoms with Gasteiger partial charge in [-0.2, -0.15) is 4.80 Å². The molecule has 2 heterocycles. The first-order valence-corrected chi connectivity index (χ1v) is 19.2. The quantitative estimate of drug-likeness (QED) is 0.156. The number of pyridine rings is 1. The van der Waals surface area contributed by atoms with Gasteiger partial charge in [-0.1, -0.05) is 133 Å². The van der Waals surface area contributed by atoms with Gasteiger partial charge in [0.15, 0.2) is 0 Å². The Balaban J connectivity index is 1.22. The van der Waals surface area contributed by atoms with Gasteiger partial charge in [0, 0.05) is 18.0 Å². The van der Waals surface area contributed by atoms with Crippen LogP contribution in [0.3, 0.4) is 0 Å². The molecule has 0 fully saturated rings. The fourth-order valence-electron chi connectivity index (χ4n) is 7.64. The predicted molar refractivity (Wildman–Crippen MR) is 235 cm³/mol. The van der Waals surface area contributed by atoms with E-state index in [0.717, 1.165) is 83.5 Å². The molecule has 0 N–H and O–H groups in total. The van der Waals surface area contributed by atoms with Gasteiger partial charge in [0.1, 0.15) is 11.0 Å². The van der Waals surface area contributed by atoms with Crippen molar-refractivity contribution in [2.75, 3.05) is 0 Å². The van der Waals surface area contributed by atoms with Crippen molar-refractivity contribution in [3.8, 4) is 83.6 Å². The second kappa shape index (κ2) is 14.9. The summed E-state index contributed by atoms with van der Waals surface area (Å²) in [7, 11) is 0. The third-order valence-electron chi connectivity index (χ3n) is 10.5. The van der Waals surface area contributed by atoms with E-state index in [9.17, 15) is 0 Å². The normalized spacial score (nSPS) is 11.2. The minimum atomic E-state index is 0.814. The predicted octanol–water partition coefficient (Wildman–Crippen LogP) is 13.5. The summed E-state index contributed by atoms with van der Waals surface area (Å²) in [6.07, 6.45) is 3.64. The van der Waals surface area contributed by atoms with Crippen molar-refractivity contribution in [3.05, 3.63) is 219 Å². The molecule has 8 aromatic carbocycles. The van der Waals surface area contributed by atoms with E-state index in [0.29, 0.717) is 0 Å². The highest BCUT2D eigenvalue weighted by Crippen LogP contribution is 2.40. The molecule has 2 aromatic heterocycles. The lowest BCUT2D eigenvalue weighted by Gasteiger charge is -2.14. The lowest BCUT2D eigenvalue weighted by Crippen LogP contribution is -1.98. The first-order chi connectivity index (χ1) is 28.2. The number of hydrogen-bond acceptors (Lipinski definition) is 3. The summed E-state index contributed by atoms with van der Waals surface area (Å²) in [5.74, 6) is 0. The van der Waals surface area contributed by atoms with E-state index >= 15 is 0 Å². The molecule has 57 heavy (non-hydrogen) atoms. The van der Waals surface area contributed by atoms with Crippen LogP contribution in [0.15, 0.2) is 219 Å². The third-order valence-corrected chi connectivity index (χ3v) is 10.5. The van der Waals surface area contributed by atoms with Crippen molar-refractivity contribution in [1.82, 2.24) is 20.0 Å². The average Bonchev–Trinajstić information content (AvgIpc) is 3.75. The zero-order chi connectivity index (χ0) is 38.0. The van der Waals surface area contributed by atoms with Gasteiger partial charge in [-0.25, -0.2) is 0 Å². The summed E-state index contributed by atoms with van der Waals surface area (Å²) in [5, 5.41) is 10.5. The number of hydrogen-bond donors (Lipinski definition) is 0. The van der Waals surface area contributed by atoms with Crippen LogP contribution in [0.4, 0.5) is 0 Å². The first-order valence-electron chi connectivity index (χ1n) is 19.2. The van der Waals surface area contributed by atoms with Gasteiger partial charge in [-0.3, -0.25) is 4.98 Å². The first kappa shape index (κ1) is 33.8. The minimum absolute atomic E-state index is 0.814. The maximum Gasteiger partial charge on any atom is 0.121 e. The van der Waals surface area contributed by atoms with E-state index in [1.54, 1.807) is 4.80 Å². The Bertz CT molecular complexity index is 2860. The zero-order valence-corrected chi connectivity index (χ0v) is 31.1. The molecule has 268 valence electrons. The Morgan fingerprint density at radius 3 is 1.18 bits per heavy atom. The fraction of sp³-hybridized carbons (Fsp3) is 0. The number of aromatic nitrogens is 4. The maximum atomic E-state index is 5.26. The van der Waals surface area contributed by atoms with E-state index in [-0.39, 0.29) is 0 Å². The molecular weight excluding hydrogens is 693 g/mol. The lowest BCUT2D eigenvalue weighted by atomic mass is 9.90. The van der Waals surface area contributed by atoms with E-state index in [1.165, 1.54) is 11.1 Å². The Morgan fingerprint density at radius 1 is 0.281 bits per heavy atom. The highest BCUT2D eigenvalue weighted by molar-refractivity contribution is 5.98. The fourth-order valence-corrected chi connectivity index (χ4v) is 7.64. The Morgan fingerprint density at radius 2 is 0.684 bits per heavy atom. The molecule has 10 rings (SSSR count). The van der Waals surface area contributed by atoms with Crippen LogP contribution in [-0.2, 0) is 0 Å². The summed E-state index contributed by atoms with van der Waals surface area (Å²) in [5.41, 5.74) is 18.2. The topological polar surface area (TPSA) is 43.6 Å². The second-order valence-corrected chi connectivity index (χ2v) is 14.2. The molecule has 0 saturated carbocycles. The average molecular weight is 729 g/mol. The third kappa shape index (κ3) is 6.93. The highest BCUT2D eigenvalue weighted by Gasteiger charge is 2.18. The van der Waals surface area contributed by atoms with E-state index in [1.807, 2.05) is 24.5 Å². The van der Waals surface area contributed by atoms with Crippen molar-refractivity contribution in [2.45, 2.75) is 0 Å². The summed E-state index contributed by atoms with van der Waals surface area (Å²) in [6, 6.07) is 73.1. The number of benzene rings is 8. The Hall–Kier alpha value is -7.69. The zero-order valence-electron chi connectivity index (χ0n) is 31.1. The maximum absolute atomic E-state index is 5.26. The molecule has 0 amide bonds. The molecule has 0 bridgehead atoms. The van der Waals surface area contributed by atoms with Crippen LogP contribution < -0.4 is 0 Å². The van der Waals surface area contributed by atoms with Crippen molar-refractivity contribution in [3.63, 3.8) is 0 Å². The molecule has 0 atom stereocenters. The van der Waals surface area contributed by atoms with Crippen molar-refractivity contribution < 1.29 is 0 Å². The SMILES string of the molecule is c1ccc(-c2cc(-c3ccccc3)cc(-c3cc(-c4cc(-c5ccccc5)cc(-c5ccccc5)c4)c4nn(-c5cccc(-c6ccncc6)c5)nc4c3)c2)cc1. The van der Waals surface area contributed by atoms with Crippen LogP contribution in [-0.4, -0.2) is 20.0 Å². The molecule has 0 aliphatic carbocycles. The standard InChI is InChI=1S/C53H36N4/c1-5-14-37(15-6-1)43-28-44(38-16-7-2-8-17-38)31-47(30-43)48-35-51(49-32-45(39-18-9-3-10-19-39)29-46(33-49)40-20-11-4-12-21-40)53-52(36-48)55-57(56-53)50-23-13-22-42(34-50)41-24-26-54-27-25-41/h1-36H. The van der Waals surface area contributed by atoms with Crippen molar-refractivity contribution in [2.24, 2.45) is 0 Å². The molecule has 4 heteroatoms. The summed E-state index contributed by atoms with van der Waals surface area (Å²) < 4.78 is 0. The van der Waals surface area contributed by atoms with Crippen LogP contribution >= 0.6 is 0 Å². The van der Waals surface area contributed by atoms with Gasteiger partial charge in [-0.05, 0) is 145 Å². The number of rotatable bonds is 8. The molecule has 0 spiro atoms. The molecule has 10 aromatic rings. The molecule has 4 nitrogen and oxygen atoms in total. The van der Waals surface area contributed by atoms with Gasteiger partial charge in [-0.15, -0.1) is 10.2 Å². The van der Waals surface area contributed by atoms with Gasteiger partial charge in [0.05, 0.1) is 5.69 Å². The molecule has 0 unspecified atom stereocenters. The molecule has 0 aliphatic rings. The van der Waals surface area contributed by atoms with E-state index in [2.05, 4.69) is 199 Å². The van der Waals surface area contributed by atoms with Gasteiger partial charge in [0.25, 0.3) is 0 Å². The van der Waals surface area contributed by atoms with Crippen LogP contribution in [0.2, 0.25) is 0 Å². The van der Waals surface area contributed by atoms with Crippen LogP contribution in [0.1, 0.15) is 0 Å². The number of fused-ring (bicyclic) bond motifs is 1. The summed E-state index contributed by atoms with van der Waals surface area (Å²) in [6.45, 7) is 0. The number of nitrogens with zero attached hydrogens (tertiary/aromatic N) is 4. The minimum Gasteiger partial charge on any atom is -0.265 e. The molecule has 0 radical (unpaired) electrons. The van der Waals surface area contributed by atoms with Crippen molar-refractivity contribution >= 4 is 11.0 Å². The van der Waals surface area contributed by atoms with E-state index in [4.69, 9.17) is 10.2 Å². The van der Waals surface area contributed by atoms with Crippen molar-refractivity contribution in [1.29, 1.82) is 0 Å². The Labute approximate surface area is 332 Å². The molecule has 0 saturated heterocycles. The van der Waals surface area contributed by atoms with Crippen LogP contribution in [0.25, 0.3) is 94.6 Å².